The Morgan fingerprint density at radius 2 is 2.05 bits per heavy atom. The minimum Gasteiger partial charge on any atom is -0.348 e. The number of para-hydroxylation sites is 1. The summed E-state index contributed by atoms with van der Waals surface area (Å²) < 4.78 is 25.8. The fourth-order valence-corrected chi connectivity index (χ4v) is 2.78. The predicted octanol–water partition coefficient (Wildman–Crippen LogP) is 0.915. The Morgan fingerprint density at radius 1 is 1.38 bits per heavy atom. The first-order valence-electron chi connectivity index (χ1n) is 7.07. The van der Waals surface area contributed by atoms with Crippen molar-refractivity contribution in [3.63, 3.8) is 0 Å². The van der Waals surface area contributed by atoms with Gasteiger partial charge in [0.1, 0.15) is 0 Å². The van der Waals surface area contributed by atoms with Gasteiger partial charge in [0, 0.05) is 12.6 Å². The number of amides is 1. The molecule has 1 unspecified atom stereocenters. The molecule has 2 rings (SSSR count). The zero-order valence-corrected chi connectivity index (χ0v) is 12.8. The lowest BCUT2D eigenvalue weighted by Crippen LogP contribution is -2.42. The monoisotopic (exact) mass is 311 g/mol. The molecule has 1 amide bonds. The molecule has 1 aliphatic rings. The van der Waals surface area contributed by atoms with Crippen LogP contribution in [0.5, 0.6) is 0 Å². The van der Waals surface area contributed by atoms with Gasteiger partial charge in [-0.3, -0.25) is 9.52 Å². The van der Waals surface area contributed by atoms with Gasteiger partial charge in [-0.2, -0.15) is 0 Å². The van der Waals surface area contributed by atoms with Crippen LogP contribution in [-0.4, -0.2) is 32.7 Å². The molecule has 1 fully saturated rings. The summed E-state index contributed by atoms with van der Waals surface area (Å²) in [5, 5.41) is 2.89. The lowest BCUT2D eigenvalue weighted by atomic mass is 10.1. The number of hydrogen-bond donors (Lipinski definition) is 3. The largest absolute Gasteiger partial charge is 0.348 e. The molecule has 116 valence electrons. The van der Waals surface area contributed by atoms with Gasteiger partial charge in [-0.05, 0) is 37.8 Å². The first kappa shape index (κ1) is 15.8. The maximum atomic E-state index is 12.3. The number of rotatable bonds is 7. The van der Waals surface area contributed by atoms with Crippen molar-refractivity contribution in [2.75, 3.05) is 17.0 Å². The van der Waals surface area contributed by atoms with E-state index < -0.39 is 10.0 Å². The Labute approximate surface area is 125 Å². The Bertz CT molecular complexity index is 612. The first-order valence-corrected chi connectivity index (χ1v) is 8.72. The van der Waals surface area contributed by atoms with Gasteiger partial charge < -0.3 is 11.1 Å². The third-order valence-corrected chi connectivity index (χ3v) is 4.87. The van der Waals surface area contributed by atoms with Crippen molar-refractivity contribution >= 4 is 21.6 Å². The van der Waals surface area contributed by atoms with Crippen LogP contribution >= 0.6 is 0 Å². The van der Waals surface area contributed by atoms with E-state index >= 15 is 0 Å². The van der Waals surface area contributed by atoms with Crippen LogP contribution in [0.1, 0.15) is 30.1 Å². The maximum absolute atomic E-state index is 12.3. The van der Waals surface area contributed by atoms with Crippen molar-refractivity contribution in [2.45, 2.75) is 25.8 Å². The molecule has 1 atom stereocenters. The van der Waals surface area contributed by atoms with Gasteiger partial charge in [0.2, 0.25) is 10.0 Å². The van der Waals surface area contributed by atoms with Gasteiger partial charge in [0.15, 0.2) is 0 Å². The smallest absolute Gasteiger partial charge is 0.253 e. The summed E-state index contributed by atoms with van der Waals surface area (Å²) in [6.07, 6.45) is 2.15. The second-order valence-corrected chi connectivity index (χ2v) is 7.22. The van der Waals surface area contributed by atoms with E-state index in [2.05, 4.69) is 10.0 Å². The summed E-state index contributed by atoms with van der Waals surface area (Å²) in [6, 6.07) is 6.52. The van der Waals surface area contributed by atoms with Gasteiger partial charge in [-0.15, -0.1) is 0 Å². The van der Waals surface area contributed by atoms with Crippen molar-refractivity contribution in [1.82, 2.24) is 5.32 Å². The van der Waals surface area contributed by atoms with Gasteiger partial charge in [-0.1, -0.05) is 12.1 Å². The standard InChI is InChI=1S/C14H21N3O3S/c1-2-21(19,20)17-12-6-4-3-5-11(12)14(18)16-13(9-15)10-7-8-10/h3-6,10,13,17H,2,7-9,15H2,1H3,(H,16,18). The molecular formula is C14H21N3O3S. The second kappa shape index (κ2) is 6.44. The van der Waals surface area contributed by atoms with Crippen LogP contribution in [0.25, 0.3) is 0 Å². The highest BCUT2D eigenvalue weighted by molar-refractivity contribution is 7.92. The molecule has 4 N–H and O–H groups in total. The van der Waals surface area contributed by atoms with E-state index in [1.807, 2.05) is 0 Å². The third kappa shape index (κ3) is 4.18. The first-order chi connectivity index (χ1) is 9.96. The average Bonchev–Trinajstić information content (AvgIpc) is 3.29. The number of sulfonamides is 1. The predicted molar refractivity (Wildman–Crippen MR) is 82.6 cm³/mol. The molecule has 0 aromatic heterocycles. The minimum absolute atomic E-state index is 0.0452. The fourth-order valence-electron chi connectivity index (χ4n) is 2.12. The highest BCUT2D eigenvalue weighted by atomic mass is 32.2. The van der Waals surface area contributed by atoms with Crippen LogP contribution < -0.4 is 15.8 Å². The topological polar surface area (TPSA) is 101 Å². The SMILES string of the molecule is CCS(=O)(=O)Nc1ccccc1C(=O)NC(CN)C1CC1. The maximum Gasteiger partial charge on any atom is 0.253 e. The summed E-state index contributed by atoms with van der Waals surface area (Å²) in [4.78, 5) is 12.3. The van der Waals surface area contributed by atoms with Crippen molar-refractivity contribution in [3.8, 4) is 0 Å². The van der Waals surface area contributed by atoms with E-state index in [1.54, 1.807) is 31.2 Å². The highest BCUT2D eigenvalue weighted by Gasteiger charge is 2.31. The Kier molecular flexibility index (Phi) is 4.84. The number of hydrogen-bond acceptors (Lipinski definition) is 4. The number of anilines is 1. The fraction of sp³-hybridized carbons (Fsp3) is 0.500. The molecule has 1 saturated carbocycles. The van der Waals surface area contributed by atoms with Crippen LogP contribution in [0.3, 0.4) is 0 Å². The second-order valence-electron chi connectivity index (χ2n) is 5.20. The van der Waals surface area contributed by atoms with Gasteiger partial charge >= 0.3 is 0 Å². The van der Waals surface area contributed by atoms with Crippen molar-refractivity contribution < 1.29 is 13.2 Å². The lowest BCUT2D eigenvalue weighted by molar-refractivity contribution is 0.0934. The molecule has 21 heavy (non-hydrogen) atoms. The lowest BCUT2D eigenvalue weighted by Gasteiger charge is -2.17. The molecule has 1 aromatic carbocycles. The van der Waals surface area contributed by atoms with E-state index in [0.717, 1.165) is 12.8 Å². The number of carbonyl (C=O) groups is 1. The molecule has 0 bridgehead atoms. The molecule has 6 nitrogen and oxygen atoms in total. The van der Waals surface area contributed by atoms with E-state index in [4.69, 9.17) is 5.73 Å². The molecule has 0 saturated heterocycles. The van der Waals surface area contributed by atoms with Crippen LogP contribution in [0.15, 0.2) is 24.3 Å². The van der Waals surface area contributed by atoms with Gasteiger partial charge in [0.25, 0.3) is 5.91 Å². The number of carbonyl (C=O) groups excluding carboxylic acids is 1. The van der Waals surface area contributed by atoms with Crippen LogP contribution in [0, 0.1) is 5.92 Å². The molecule has 1 aliphatic carbocycles. The van der Waals surface area contributed by atoms with Crippen molar-refractivity contribution in [1.29, 1.82) is 0 Å². The molecule has 0 heterocycles. The summed E-state index contributed by atoms with van der Waals surface area (Å²) in [6.45, 7) is 1.93. The minimum atomic E-state index is -3.42. The van der Waals surface area contributed by atoms with Crippen LogP contribution in [0.4, 0.5) is 5.69 Å². The number of benzene rings is 1. The molecular weight excluding hydrogens is 290 g/mol. The Morgan fingerprint density at radius 3 is 2.62 bits per heavy atom. The third-order valence-electron chi connectivity index (χ3n) is 3.58. The normalized spacial score (nSPS) is 16.3. The molecule has 0 radical (unpaired) electrons. The molecule has 0 aliphatic heterocycles. The molecule has 7 heteroatoms. The zero-order valence-electron chi connectivity index (χ0n) is 12.0. The van der Waals surface area contributed by atoms with E-state index in [9.17, 15) is 13.2 Å². The Hall–Kier alpha value is -1.60. The summed E-state index contributed by atoms with van der Waals surface area (Å²) in [5.74, 6) is 0.0985. The highest BCUT2D eigenvalue weighted by Crippen LogP contribution is 2.32. The average molecular weight is 311 g/mol. The molecule has 1 aromatic rings. The van der Waals surface area contributed by atoms with Gasteiger partial charge in [0.05, 0.1) is 17.0 Å². The number of nitrogens with one attached hydrogen (secondary N) is 2. The van der Waals surface area contributed by atoms with E-state index in [1.165, 1.54) is 0 Å². The Balaban J connectivity index is 2.16. The zero-order chi connectivity index (χ0) is 15.5. The quantitative estimate of drug-likeness (QED) is 0.697. The number of nitrogens with two attached hydrogens (primary N) is 1. The summed E-state index contributed by atoms with van der Waals surface area (Å²) in [7, 11) is -3.42. The van der Waals surface area contributed by atoms with Crippen LogP contribution in [0.2, 0.25) is 0 Å². The molecule has 0 spiro atoms. The van der Waals surface area contributed by atoms with Gasteiger partial charge in [-0.25, -0.2) is 8.42 Å². The van der Waals surface area contributed by atoms with Crippen molar-refractivity contribution in [2.24, 2.45) is 11.7 Å². The van der Waals surface area contributed by atoms with Crippen molar-refractivity contribution in [3.05, 3.63) is 29.8 Å². The van der Waals surface area contributed by atoms with E-state index in [-0.39, 0.29) is 17.7 Å². The summed E-state index contributed by atoms with van der Waals surface area (Å²) in [5.41, 5.74) is 6.28. The van der Waals surface area contributed by atoms with E-state index in [0.29, 0.717) is 23.7 Å². The summed E-state index contributed by atoms with van der Waals surface area (Å²) >= 11 is 0. The van der Waals surface area contributed by atoms with Crippen LogP contribution in [-0.2, 0) is 10.0 Å².